The zero-order valence-electron chi connectivity index (χ0n) is 11.4. The predicted octanol–water partition coefficient (Wildman–Crippen LogP) is 1.12. The Bertz CT molecular complexity index is 434. The van der Waals surface area contributed by atoms with Crippen LogP contribution in [0.3, 0.4) is 0 Å². The summed E-state index contributed by atoms with van der Waals surface area (Å²) in [6.45, 7) is 2.63. The SMILES string of the molecule is COC(=O)C1C(C)(C(=O)Cl)C(C(=O)OC)C1(C)C(=O)Cl. The van der Waals surface area contributed by atoms with Crippen LogP contribution in [-0.4, -0.2) is 36.6 Å². The molecule has 0 heterocycles. The molecule has 20 heavy (non-hydrogen) atoms. The molecule has 0 unspecified atom stereocenters. The Balaban J connectivity index is 3.48. The number of halogens is 2. The van der Waals surface area contributed by atoms with Crippen LogP contribution in [0.5, 0.6) is 0 Å². The molecule has 0 aromatic heterocycles. The van der Waals surface area contributed by atoms with Crippen molar-refractivity contribution in [2.45, 2.75) is 13.8 Å². The highest BCUT2D eigenvalue weighted by molar-refractivity contribution is 6.67. The van der Waals surface area contributed by atoms with Gasteiger partial charge in [-0.05, 0) is 37.0 Å². The van der Waals surface area contributed by atoms with Gasteiger partial charge in [0.15, 0.2) is 0 Å². The number of carbonyl (C=O) groups is 4. The molecule has 0 radical (unpaired) electrons. The first-order valence-electron chi connectivity index (χ1n) is 5.65. The maximum absolute atomic E-state index is 11.9. The molecule has 1 aliphatic rings. The van der Waals surface area contributed by atoms with E-state index in [0.29, 0.717) is 0 Å². The molecule has 8 heteroatoms. The molecule has 1 saturated carbocycles. The van der Waals surface area contributed by atoms with Crippen LogP contribution in [0, 0.1) is 22.7 Å². The molecule has 0 N–H and O–H groups in total. The van der Waals surface area contributed by atoms with E-state index in [0.717, 1.165) is 14.2 Å². The second-order valence-corrected chi connectivity index (χ2v) is 5.71. The van der Waals surface area contributed by atoms with E-state index in [9.17, 15) is 19.2 Å². The molecule has 0 aromatic rings. The van der Waals surface area contributed by atoms with Crippen LogP contribution in [-0.2, 0) is 28.7 Å². The second-order valence-electron chi connectivity index (χ2n) is 5.03. The summed E-state index contributed by atoms with van der Waals surface area (Å²) >= 11 is 11.1. The van der Waals surface area contributed by atoms with Gasteiger partial charge in [0.25, 0.3) is 0 Å². The first-order chi connectivity index (χ1) is 9.09. The van der Waals surface area contributed by atoms with Crippen molar-refractivity contribution < 1.29 is 28.7 Å². The molecule has 0 saturated heterocycles. The first kappa shape index (κ1) is 16.9. The summed E-state index contributed by atoms with van der Waals surface area (Å²) in [5, 5.41) is -1.86. The van der Waals surface area contributed by atoms with Gasteiger partial charge in [-0.1, -0.05) is 0 Å². The van der Waals surface area contributed by atoms with Crippen molar-refractivity contribution in [3.8, 4) is 0 Å². The first-order valence-corrected chi connectivity index (χ1v) is 6.41. The molecule has 0 atom stereocenters. The Morgan fingerprint density at radius 2 is 1.05 bits per heavy atom. The van der Waals surface area contributed by atoms with E-state index >= 15 is 0 Å². The fourth-order valence-corrected chi connectivity index (χ4v) is 3.59. The van der Waals surface area contributed by atoms with Crippen LogP contribution >= 0.6 is 23.2 Å². The molecule has 1 fully saturated rings. The van der Waals surface area contributed by atoms with Crippen molar-refractivity contribution in [1.29, 1.82) is 0 Å². The van der Waals surface area contributed by atoms with Crippen molar-refractivity contribution in [3.05, 3.63) is 0 Å². The number of methoxy groups -OCH3 is 2. The average molecular weight is 325 g/mol. The number of hydrogen-bond donors (Lipinski definition) is 0. The third-order valence-corrected chi connectivity index (χ3v) is 4.93. The van der Waals surface area contributed by atoms with Crippen LogP contribution in [0.1, 0.15) is 13.8 Å². The molecular weight excluding hydrogens is 311 g/mol. The number of carbonyl (C=O) groups excluding carboxylic acids is 4. The van der Waals surface area contributed by atoms with Crippen LogP contribution in [0.25, 0.3) is 0 Å². The fraction of sp³-hybridized carbons (Fsp3) is 0.667. The highest BCUT2D eigenvalue weighted by Gasteiger charge is 2.78. The molecule has 0 amide bonds. The summed E-state index contributed by atoms with van der Waals surface area (Å²) in [6.07, 6.45) is 0. The van der Waals surface area contributed by atoms with Gasteiger partial charge in [0.1, 0.15) is 0 Å². The summed E-state index contributed by atoms with van der Waals surface area (Å²) in [7, 11) is 2.21. The van der Waals surface area contributed by atoms with Gasteiger partial charge < -0.3 is 9.47 Å². The van der Waals surface area contributed by atoms with Crippen LogP contribution in [0.2, 0.25) is 0 Å². The second kappa shape index (κ2) is 5.33. The van der Waals surface area contributed by atoms with Crippen molar-refractivity contribution in [2.75, 3.05) is 14.2 Å². The quantitative estimate of drug-likeness (QED) is 0.569. The normalized spacial score (nSPS) is 35.7. The lowest BCUT2D eigenvalue weighted by molar-refractivity contribution is -0.212. The zero-order chi connectivity index (χ0) is 15.9. The maximum atomic E-state index is 11.9. The highest BCUT2D eigenvalue weighted by Crippen LogP contribution is 2.66. The molecule has 0 aromatic carbocycles. The Labute approximate surface area is 125 Å². The molecule has 1 rings (SSSR count). The Kier molecular flexibility index (Phi) is 4.51. The zero-order valence-corrected chi connectivity index (χ0v) is 12.9. The predicted molar refractivity (Wildman–Crippen MR) is 68.9 cm³/mol. The lowest BCUT2D eigenvalue weighted by Gasteiger charge is -2.59. The van der Waals surface area contributed by atoms with E-state index in [1.807, 2.05) is 0 Å². The molecule has 6 nitrogen and oxygen atoms in total. The summed E-state index contributed by atoms with van der Waals surface area (Å²) in [5.74, 6) is -4.17. The summed E-state index contributed by atoms with van der Waals surface area (Å²) in [4.78, 5) is 47.2. The molecule has 112 valence electrons. The summed E-state index contributed by atoms with van der Waals surface area (Å²) in [6, 6.07) is 0. The summed E-state index contributed by atoms with van der Waals surface area (Å²) < 4.78 is 9.19. The Morgan fingerprint density at radius 1 is 0.800 bits per heavy atom. The third-order valence-electron chi connectivity index (χ3n) is 4.12. The van der Waals surface area contributed by atoms with E-state index in [-0.39, 0.29) is 0 Å². The molecular formula is C12H14Cl2O6. The van der Waals surface area contributed by atoms with E-state index in [1.54, 1.807) is 0 Å². The Hall–Kier alpha value is -1.14. The fourth-order valence-electron chi connectivity index (χ4n) is 3.15. The number of rotatable bonds is 4. The number of hydrogen-bond acceptors (Lipinski definition) is 6. The number of ether oxygens (including phenoxy) is 2. The van der Waals surface area contributed by atoms with E-state index in [4.69, 9.17) is 23.2 Å². The highest BCUT2D eigenvalue weighted by atomic mass is 35.5. The third kappa shape index (κ3) is 1.93. The van der Waals surface area contributed by atoms with Crippen LogP contribution in [0.4, 0.5) is 0 Å². The van der Waals surface area contributed by atoms with Gasteiger partial charge in [-0.15, -0.1) is 0 Å². The van der Waals surface area contributed by atoms with Gasteiger partial charge in [-0.2, -0.15) is 0 Å². The molecule has 0 spiro atoms. The van der Waals surface area contributed by atoms with Gasteiger partial charge in [0, 0.05) is 0 Å². The molecule has 0 aliphatic heterocycles. The van der Waals surface area contributed by atoms with E-state index in [2.05, 4.69) is 9.47 Å². The lowest BCUT2D eigenvalue weighted by atomic mass is 9.40. The standard InChI is InChI=1S/C12H14Cl2O6/c1-11(9(13)17)5(7(15)19-3)12(2,10(14)18)6(11)8(16)20-4/h5-6H,1-4H3. The van der Waals surface area contributed by atoms with Gasteiger partial charge in [0.05, 0.1) is 36.9 Å². The van der Waals surface area contributed by atoms with E-state index in [1.165, 1.54) is 13.8 Å². The minimum atomic E-state index is -1.61. The van der Waals surface area contributed by atoms with Gasteiger partial charge in [-0.25, -0.2) is 0 Å². The monoisotopic (exact) mass is 324 g/mol. The van der Waals surface area contributed by atoms with Gasteiger partial charge in [-0.3, -0.25) is 19.2 Å². The number of esters is 2. The topological polar surface area (TPSA) is 86.7 Å². The smallest absolute Gasteiger partial charge is 0.310 e. The van der Waals surface area contributed by atoms with Crippen LogP contribution in [0.15, 0.2) is 0 Å². The lowest BCUT2D eigenvalue weighted by Crippen LogP contribution is -2.71. The van der Waals surface area contributed by atoms with Gasteiger partial charge in [0.2, 0.25) is 10.5 Å². The van der Waals surface area contributed by atoms with Crippen molar-refractivity contribution in [1.82, 2.24) is 0 Å². The molecule has 0 bridgehead atoms. The maximum Gasteiger partial charge on any atom is 0.310 e. The van der Waals surface area contributed by atoms with Crippen molar-refractivity contribution >= 4 is 45.6 Å². The van der Waals surface area contributed by atoms with Crippen molar-refractivity contribution in [3.63, 3.8) is 0 Å². The van der Waals surface area contributed by atoms with Gasteiger partial charge >= 0.3 is 11.9 Å². The average Bonchev–Trinajstić information content (AvgIpc) is 2.37. The largest absolute Gasteiger partial charge is 0.469 e. The van der Waals surface area contributed by atoms with Crippen molar-refractivity contribution in [2.24, 2.45) is 22.7 Å². The summed E-state index contributed by atoms with van der Waals surface area (Å²) in [5.41, 5.74) is -3.22. The minimum Gasteiger partial charge on any atom is -0.469 e. The van der Waals surface area contributed by atoms with Crippen LogP contribution < -0.4 is 0 Å². The molecule has 1 aliphatic carbocycles. The van der Waals surface area contributed by atoms with E-state index < -0.39 is 45.1 Å². The Morgan fingerprint density at radius 3 is 1.20 bits per heavy atom. The minimum absolute atomic E-state index is 0.835.